The Morgan fingerprint density at radius 1 is 0.568 bits per heavy atom. The minimum Gasteiger partial charge on any atom is -0.481 e. The number of aliphatic hydroxyl groups excluding tert-OH is 3. The van der Waals surface area contributed by atoms with Crippen molar-refractivity contribution in [3.8, 4) is 0 Å². The summed E-state index contributed by atoms with van der Waals surface area (Å²) < 4.78 is 0. The molecule has 0 aromatic carbocycles. The molecule has 0 heterocycles. The van der Waals surface area contributed by atoms with E-state index in [1.54, 1.807) is 0 Å². The Bertz CT molecular complexity index is 745. The predicted molar refractivity (Wildman–Crippen MR) is 155 cm³/mol. The molecule has 2 amide bonds. The Labute approximate surface area is 270 Å². The first-order valence-corrected chi connectivity index (χ1v) is 15.3. The van der Waals surface area contributed by atoms with Crippen LogP contribution in [0.4, 0.5) is 0 Å². The number of carbonyl (C=O) groups is 3. The number of carboxylic acids is 1. The molecule has 11 N–H and O–H groups in total. The van der Waals surface area contributed by atoms with Gasteiger partial charge in [0, 0.05) is 69.1 Å². The second-order valence-corrected chi connectivity index (χ2v) is 10.6. The molecule has 0 aliphatic carbocycles. The third kappa shape index (κ3) is 25.8. The van der Waals surface area contributed by atoms with Gasteiger partial charge in [-0.2, -0.15) is 15.2 Å². The van der Waals surface area contributed by atoms with Crippen molar-refractivity contribution in [2.24, 2.45) is 5.73 Å². The fourth-order valence-electron chi connectivity index (χ4n) is 4.05. The number of carboxylic acid groups (broad SMARTS) is 1. The van der Waals surface area contributed by atoms with Crippen LogP contribution in [-0.2, 0) is 31.5 Å². The van der Waals surface area contributed by atoms with E-state index >= 15 is 0 Å². The zero-order chi connectivity index (χ0) is 32.5. The molecule has 0 bridgehead atoms. The number of nitrogens with zero attached hydrogens (tertiary/aromatic N) is 3. The topological polar surface area (TPSA) is 253 Å². The van der Waals surface area contributed by atoms with Crippen molar-refractivity contribution in [3.05, 3.63) is 0 Å². The van der Waals surface area contributed by atoms with Gasteiger partial charge in [0.15, 0.2) is 0 Å². The first-order chi connectivity index (χ1) is 20.5. The summed E-state index contributed by atoms with van der Waals surface area (Å²) in [5.74, 6) is -1.54. The smallest absolute Gasteiger partial charge is 0.303 e. The first kappa shape index (κ1) is 44.7. The Hall–Kier alpha value is -1.47. The molecule has 16 nitrogen and oxygen atoms in total. The van der Waals surface area contributed by atoms with E-state index in [1.807, 2.05) is 0 Å². The molecule has 44 heavy (non-hydrogen) atoms. The third-order valence-corrected chi connectivity index (χ3v) is 6.77. The molecule has 0 saturated carbocycles. The van der Waals surface area contributed by atoms with Crippen LogP contribution in [0.2, 0.25) is 0 Å². The van der Waals surface area contributed by atoms with Crippen LogP contribution in [0.15, 0.2) is 0 Å². The number of rotatable bonds is 29. The van der Waals surface area contributed by atoms with Crippen LogP contribution in [0.1, 0.15) is 96.3 Å². The molecule has 0 aliphatic heterocycles. The van der Waals surface area contributed by atoms with Crippen LogP contribution >= 0.6 is 0 Å². The van der Waals surface area contributed by atoms with Crippen molar-refractivity contribution in [3.63, 3.8) is 0 Å². The average molecular weight is 681 g/mol. The van der Waals surface area contributed by atoms with Crippen LogP contribution in [-0.4, -0.2) is 127 Å². The maximum absolute atomic E-state index is 12.0. The second kappa shape index (κ2) is 29.0. The average Bonchev–Trinajstić information content (AvgIpc) is 2.98. The van der Waals surface area contributed by atoms with Crippen molar-refractivity contribution in [2.45, 2.75) is 115 Å². The van der Waals surface area contributed by atoms with Crippen LogP contribution in [0.5, 0.6) is 0 Å². The summed E-state index contributed by atoms with van der Waals surface area (Å²) in [5.41, 5.74) is 5.42. The quantitative estimate of drug-likeness (QED) is 0.0218. The Kier molecular flexibility index (Phi) is 29.4. The largest absolute Gasteiger partial charge is 0.481 e. The van der Waals surface area contributed by atoms with E-state index in [2.05, 4.69) is 10.6 Å². The molecule has 262 valence electrons. The standard InChI is InChI=1S/C27H56N6O10.Fe/c28-16-4-1-7-19-31(41)24(36)12-10-22(34)29-17-5-2-8-20-32(42)25(37)13-11-23(35)30-18-6-3-9-21-33(43)26(38)14-15-27(39)40;/h24-26,36-38,41-43H,1-21,28H2,(H,29,34)(H,30,35)(H,39,40);. The molecule has 0 aromatic rings. The predicted octanol–water partition coefficient (Wildman–Crippen LogP) is 0.140. The van der Waals surface area contributed by atoms with Crippen LogP contribution in [0.3, 0.4) is 0 Å². The third-order valence-electron chi connectivity index (χ3n) is 6.77. The van der Waals surface area contributed by atoms with Gasteiger partial charge in [0.25, 0.3) is 0 Å². The van der Waals surface area contributed by atoms with Crippen molar-refractivity contribution in [1.82, 2.24) is 25.8 Å². The van der Waals surface area contributed by atoms with Gasteiger partial charge in [-0.25, -0.2) is 0 Å². The number of carbonyl (C=O) groups excluding carboxylic acids is 2. The number of amides is 2. The minimum atomic E-state index is -1.24. The van der Waals surface area contributed by atoms with E-state index in [-0.39, 0.29) is 80.5 Å². The fraction of sp³-hybridized carbons (Fsp3) is 0.889. The Morgan fingerprint density at radius 3 is 1.25 bits per heavy atom. The minimum absolute atomic E-state index is 0. The summed E-state index contributed by atoms with van der Waals surface area (Å²) in [7, 11) is 0. The molecular weight excluding hydrogens is 624 g/mol. The number of nitrogens with one attached hydrogen (secondary N) is 2. The van der Waals surface area contributed by atoms with Crippen molar-refractivity contribution < 1.29 is 67.5 Å². The van der Waals surface area contributed by atoms with Gasteiger partial charge in [-0.1, -0.05) is 19.3 Å². The van der Waals surface area contributed by atoms with Gasteiger partial charge in [-0.3, -0.25) is 14.4 Å². The van der Waals surface area contributed by atoms with E-state index < -0.39 is 24.7 Å². The summed E-state index contributed by atoms with van der Waals surface area (Å²) in [6, 6.07) is 0. The van der Waals surface area contributed by atoms with Gasteiger partial charge in [0.05, 0.1) is 0 Å². The van der Waals surface area contributed by atoms with E-state index in [4.69, 9.17) is 10.8 Å². The molecule has 17 heteroatoms. The van der Waals surface area contributed by atoms with Crippen molar-refractivity contribution >= 4 is 17.8 Å². The van der Waals surface area contributed by atoms with E-state index in [9.17, 15) is 45.3 Å². The van der Waals surface area contributed by atoms with E-state index in [1.165, 1.54) is 0 Å². The van der Waals surface area contributed by atoms with Crippen molar-refractivity contribution in [2.75, 3.05) is 39.3 Å². The molecule has 3 atom stereocenters. The summed E-state index contributed by atoms with van der Waals surface area (Å²) in [6.45, 7) is 2.10. The molecule has 0 spiro atoms. The van der Waals surface area contributed by atoms with E-state index in [0.29, 0.717) is 76.2 Å². The molecule has 3 unspecified atom stereocenters. The van der Waals surface area contributed by atoms with Crippen LogP contribution in [0.25, 0.3) is 0 Å². The number of hydrogen-bond acceptors (Lipinski definition) is 13. The maximum atomic E-state index is 12.0. The van der Waals surface area contributed by atoms with Gasteiger partial charge in [0.2, 0.25) is 11.8 Å². The molecular formula is C27H56FeN6O10. The molecule has 0 radical (unpaired) electrons. The maximum Gasteiger partial charge on any atom is 0.303 e. The number of aliphatic carboxylic acids is 1. The zero-order valence-electron chi connectivity index (χ0n) is 25.7. The molecule has 0 aromatic heterocycles. The number of aliphatic hydroxyl groups is 3. The normalized spacial score (nSPS) is 13.5. The second-order valence-electron chi connectivity index (χ2n) is 10.6. The van der Waals surface area contributed by atoms with Gasteiger partial charge < -0.3 is 52.4 Å². The van der Waals surface area contributed by atoms with Crippen LogP contribution in [0, 0.1) is 0 Å². The number of hydrogen-bond donors (Lipinski definition) is 10. The van der Waals surface area contributed by atoms with Crippen molar-refractivity contribution in [1.29, 1.82) is 0 Å². The Balaban J connectivity index is 0. The molecule has 0 rings (SSSR count). The molecule has 0 saturated heterocycles. The van der Waals surface area contributed by atoms with Crippen LogP contribution < -0.4 is 16.4 Å². The molecule has 0 fully saturated rings. The van der Waals surface area contributed by atoms with Gasteiger partial charge in [-0.05, 0) is 64.3 Å². The zero-order valence-corrected chi connectivity index (χ0v) is 26.8. The molecule has 0 aliphatic rings. The van der Waals surface area contributed by atoms with Gasteiger partial charge in [0.1, 0.15) is 18.7 Å². The summed E-state index contributed by atoms with van der Waals surface area (Å²) in [5, 5.41) is 75.5. The summed E-state index contributed by atoms with van der Waals surface area (Å²) in [4.78, 5) is 34.4. The fourth-order valence-corrected chi connectivity index (χ4v) is 4.05. The number of hydroxylamine groups is 6. The first-order valence-electron chi connectivity index (χ1n) is 15.3. The number of unbranched alkanes of at least 4 members (excludes halogenated alkanes) is 6. The summed E-state index contributed by atoms with van der Waals surface area (Å²) in [6.07, 6.45) is 2.62. The van der Waals surface area contributed by atoms with Gasteiger partial charge >= 0.3 is 5.97 Å². The Morgan fingerprint density at radius 2 is 0.909 bits per heavy atom. The monoisotopic (exact) mass is 680 g/mol. The summed E-state index contributed by atoms with van der Waals surface area (Å²) >= 11 is 0. The van der Waals surface area contributed by atoms with Gasteiger partial charge in [-0.15, -0.1) is 0 Å². The van der Waals surface area contributed by atoms with E-state index in [0.717, 1.165) is 23.0 Å². The SMILES string of the molecule is NCCCCCN(O)C(O)CCC(=O)NCCCCCN(O)C(O)CCC(=O)NCCCCCN(O)C(O)CCC(=O)O.[Fe]. The number of nitrogens with two attached hydrogens (primary N) is 1.